The molecule has 1 aliphatic heterocycles. The average Bonchev–Trinajstić information content (AvgIpc) is 3.29. The molecule has 1 amide bonds. The molecule has 1 unspecified atom stereocenters. The number of benzene rings is 2. The van der Waals surface area contributed by atoms with Crippen molar-refractivity contribution in [1.82, 2.24) is 24.6 Å². The van der Waals surface area contributed by atoms with Gasteiger partial charge in [-0.1, -0.05) is 36.4 Å². The highest BCUT2D eigenvalue weighted by molar-refractivity contribution is 6.32. The van der Waals surface area contributed by atoms with E-state index in [-0.39, 0.29) is 24.4 Å². The van der Waals surface area contributed by atoms with Gasteiger partial charge in [-0.3, -0.25) is 4.79 Å². The van der Waals surface area contributed by atoms with Gasteiger partial charge in [0.05, 0.1) is 16.5 Å². The first-order valence-electron chi connectivity index (χ1n) is 11.5. The molecule has 10 heteroatoms. The molecule has 3 heterocycles. The van der Waals surface area contributed by atoms with Gasteiger partial charge in [-0.05, 0) is 43.2 Å². The van der Waals surface area contributed by atoms with Crippen LogP contribution in [-0.4, -0.2) is 43.6 Å². The lowest BCUT2D eigenvalue weighted by Crippen LogP contribution is -2.40. The molecule has 0 aliphatic carbocycles. The molecule has 8 nitrogen and oxygen atoms in total. The topological polar surface area (TPSA) is 99.2 Å². The van der Waals surface area contributed by atoms with Gasteiger partial charge in [0.25, 0.3) is 0 Å². The summed E-state index contributed by atoms with van der Waals surface area (Å²) in [6.45, 7) is 4.81. The van der Waals surface area contributed by atoms with Gasteiger partial charge >= 0.3 is 0 Å². The van der Waals surface area contributed by atoms with E-state index < -0.39 is 0 Å². The van der Waals surface area contributed by atoms with Crippen LogP contribution in [0.1, 0.15) is 24.4 Å². The second-order valence-electron chi connectivity index (χ2n) is 8.56. The summed E-state index contributed by atoms with van der Waals surface area (Å²) < 4.78 is 21.5. The molecule has 5 rings (SSSR count). The van der Waals surface area contributed by atoms with E-state index in [1.807, 2.05) is 10.7 Å². The van der Waals surface area contributed by atoms with Crippen LogP contribution < -0.4 is 10.5 Å². The Morgan fingerprint density at radius 3 is 2.89 bits per heavy atom. The molecule has 184 valence electrons. The van der Waals surface area contributed by atoms with Crippen LogP contribution in [0.4, 0.5) is 10.2 Å². The molecule has 0 bridgehead atoms. The third-order valence-electron chi connectivity index (χ3n) is 6.29. The van der Waals surface area contributed by atoms with Gasteiger partial charge in [0.15, 0.2) is 5.65 Å². The zero-order valence-corrected chi connectivity index (χ0v) is 20.2. The minimum Gasteiger partial charge on any atom is -0.487 e. The fraction of sp³-hybridized carbons (Fsp3) is 0.231. The molecule has 0 spiro atoms. The highest BCUT2D eigenvalue weighted by atomic mass is 35.5. The SMILES string of the molecule is C=CC(=O)N1CCCC(n2nc(-c3ccc(OCc4ccccc4F)c(Cl)c3)c3c(N)ncnc32)C1. The van der Waals surface area contributed by atoms with Crippen LogP contribution in [0.25, 0.3) is 22.3 Å². The summed E-state index contributed by atoms with van der Waals surface area (Å²) >= 11 is 6.53. The number of piperidine rings is 1. The fourth-order valence-electron chi connectivity index (χ4n) is 4.47. The quantitative estimate of drug-likeness (QED) is 0.377. The summed E-state index contributed by atoms with van der Waals surface area (Å²) in [7, 11) is 0. The van der Waals surface area contributed by atoms with E-state index in [1.54, 1.807) is 35.2 Å². The monoisotopic (exact) mass is 506 g/mol. The number of anilines is 1. The standard InChI is InChI=1S/C26H24ClFN6O2/c1-2-22(35)33-11-5-7-18(13-33)34-26-23(25(29)30-15-31-26)24(32-34)16-9-10-21(19(27)12-16)36-14-17-6-3-4-8-20(17)28/h2-4,6,8-10,12,15,18H,1,5,7,11,13-14H2,(H2,29,30,31). The Kier molecular flexibility index (Phi) is 6.56. The molecule has 1 aliphatic rings. The van der Waals surface area contributed by atoms with Gasteiger partial charge in [-0.25, -0.2) is 19.0 Å². The lowest BCUT2D eigenvalue weighted by Gasteiger charge is -2.32. The number of halogens is 2. The van der Waals surface area contributed by atoms with Crippen molar-refractivity contribution in [1.29, 1.82) is 0 Å². The maximum atomic E-state index is 13.9. The predicted octanol–water partition coefficient (Wildman–Crippen LogP) is 4.80. The molecule has 1 fully saturated rings. The summed E-state index contributed by atoms with van der Waals surface area (Å²) in [6.07, 6.45) is 4.40. The number of fused-ring (bicyclic) bond motifs is 1. The van der Waals surface area contributed by atoms with Gasteiger partial charge in [0, 0.05) is 24.2 Å². The second-order valence-corrected chi connectivity index (χ2v) is 8.97. The maximum absolute atomic E-state index is 13.9. The minimum atomic E-state index is -0.339. The number of ether oxygens (including phenoxy) is 1. The number of aromatic nitrogens is 4. The van der Waals surface area contributed by atoms with E-state index in [2.05, 4.69) is 16.5 Å². The third-order valence-corrected chi connectivity index (χ3v) is 6.59. The Hall–Kier alpha value is -3.98. The van der Waals surface area contributed by atoms with Crippen LogP contribution in [0.15, 0.2) is 61.4 Å². The predicted molar refractivity (Wildman–Crippen MR) is 136 cm³/mol. The minimum absolute atomic E-state index is 0.0473. The molecular formula is C26H24ClFN6O2. The summed E-state index contributed by atoms with van der Waals surface area (Å²) in [5.74, 6) is 0.270. The Bertz CT molecular complexity index is 1460. The van der Waals surface area contributed by atoms with E-state index in [0.717, 1.165) is 12.8 Å². The highest BCUT2D eigenvalue weighted by Gasteiger charge is 2.28. The number of amides is 1. The maximum Gasteiger partial charge on any atom is 0.246 e. The van der Waals surface area contributed by atoms with E-state index in [1.165, 1.54) is 18.5 Å². The van der Waals surface area contributed by atoms with Gasteiger partial charge < -0.3 is 15.4 Å². The van der Waals surface area contributed by atoms with Crippen molar-refractivity contribution in [3.05, 3.63) is 77.9 Å². The molecule has 36 heavy (non-hydrogen) atoms. The third kappa shape index (κ3) is 4.49. The molecule has 2 N–H and O–H groups in total. The molecule has 0 saturated carbocycles. The van der Waals surface area contributed by atoms with E-state index in [4.69, 9.17) is 27.2 Å². The Labute approximate surface area is 212 Å². The lowest BCUT2D eigenvalue weighted by molar-refractivity contribution is -0.127. The molecule has 2 aromatic carbocycles. The highest BCUT2D eigenvalue weighted by Crippen LogP contribution is 2.37. The Morgan fingerprint density at radius 1 is 1.28 bits per heavy atom. The number of carbonyl (C=O) groups excluding carboxylic acids is 1. The number of nitrogens with two attached hydrogens (primary N) is 1. The number of hydrogen-bond acceptors (Lipinski definition) is 6. The first-order valence-corrected chi connectivity index (χ1v) is 11.9. The van der Waals surface area contributed by atoms with Crippen LogP contribution in [0, 0.1) is 5.82 Å². The molecule has 1 atom stereocenters. The van der Waals surface area contributed by atoms with Crippen LogP contribution in [0.2, 0.25) is 5.02 Å². The molecular weight excluding hydrogens is 483 g/mol. The van der Waals surface area contributed by atoms with Crippen molar-refractivity contribution in [2.75, 3.05) is 18.8 Å². The molecule has 2 aromatic heterocycles. The van der Waals surface area contributed by atoms with Gasteiger partial charge in [0.2, 0.25) is 5.91 Å². The van der Waals surface area contributed by atoms with Crippen LogP contribution >= 0.6 is 11.6 Å². The van der Waals surface area contributed by atoms with Crippen molar-refractivity contribution < 1.29 is 13.9 Å². The van der Waals surface area contributed by atoms with Crippen LogP contribution in [0.3, 0.4) is 0 Å². The van der Waals surface area contributed by atoms with Crippen molar-refractivity contribution in [2.24, 2.45) is 0 Å². The largest absolute Gasteiger partial charge is 0.487 e. The van der Waals surface area contributed by atoms with E-state index in [0.29, 0.717) is 57.5 Å². The zero-order chi connectivity index (χ0) is 25.2. The van der Waals surface area contributed by atoms with Crippen LogP contribution in [0.5, 0.6) is 5.75 Å². The summed E-state index contributed by atoms with van der Waals surface area (Å²) in [5, 5.41) is 5.82. The van der Waals surface area contributed by atoms with Gasteiger partial charge in [0.1, 0.15) is 36.0 Å². The van der Waals surface area contributed by atoms with Crippen molar-refractivity contribution in [2.45, 2.75) is 25.5 Å². The molecule has 1 saturated heterocycles. The number of carbonyl (C=O) groups is 1. The summed E-state index contributed by atoms with van der Waals surface area (Å²) in [6, 6.07) is 11.6. The Balaban J connectivity index is 1.48. The van der Waals surface area contributed by atoms with Crippen LogP contribution in [-0.2, 0) is 11.4 Å². The fourth-order valence-corrected chi connectivity index (χ4v) is 4.71. The molecule has 4 aromatic rings. The number of likely N-dealkylation sites (tertiary alicyclic amines) is 1. The second kappa shape index (κ2) is 9.94. The number of rotatable bonds is 6. The van der Waals surface area contributed by atoms with E-state index in [9.17, 15) is 9.18 Å². The summed E-state index contributed by atoms with van der Waals surface area (Å²) in [4.78, 5) is 22.6. The number of nitrogens with zero attached hydrogens (tertiary/aromatic N) is 5. The smallest absolute Gasteiger partial charge is 0.246 e. The normalized spacial score (nSPS) is 15.7. The van der Waals surface area contributed by atoms with Crippen molar-refractivity contribution in [3.63, 3.8) is 0 Å². The average molecular weight is 507 g/mol. The first kappa shape index (κ1) is 23.7. The number of nitrogen functional groups attached to an aromatic ring is 1. The first-order chi connectivity index (χ1) is 17.5. The Morgan fingerprint density at radius 2 is 2.11 bits per heavy atom. The van der Waals surface area contributed by atoms with Crippen molar-refractivity contribution >= 4 is 34.4 Å². The summed E-state index contributed by atoms with van der Waals surface area (Å²) in [5.41, 5.74) is 8.56. The van der Waals surface area contributed by atoms with Gasteiger partial charge in [-0.15, -0.1) is 0 Å². The number of hydrogen-bond donors (Lipinski definition) is 1. The zero-order valence-electron chi connectivity index (χ0n) is 19.4. The van der Waals surface area contributed by atoms with E-state index >= 15 is 0 Å². The lowest BCUT2D eigenvalue weighted by atomic mass is 10.1. The molecule has 0 radical (unpaired) electrons. The van der Waals surface area contributed by atoms with Crippen molar-refractivity contribution in [3.8, 4) is 17.0 Å². The van der Waals surface area contributed by atoms with Gasteiger partial charge in [-0.2, -0.15) is 5.10 Å².